The summed E-state index contributed by atoms with van der Waals surface area (Å²) in [6, 6.07) is -1.20. The Morgan fingerprint density at radius 2 is 1.62 bits per heavy atom. The fraction of sp³-hybridized carbons (Fsp3) is 0.727. The Morgan fingerprint density at radius 1 is 1.05 bits per heavy atom. The molecule has 9 nitrogen and oxygen atoms in total. The standard InChI is InChI=1S/C11H21N3O6S/c1-7(2)13-10(16)6-12-21(19,20)5-4-9(15)14-8(3)11(17)18/h7-8,12H,4-6H2,1-3H3,(H,13,16)(H,14,15)(H,17,18)/t8-/m0/s1. The Kier molecular flexibility index (Phi) is 7.89. The lowest BCUT2D eigenvalue weighted by molar-refractivity contribution is -0.141. The van der Waals surface area contributed by atoms with E-state index in [4.69, 9.17) is 5.11 Å². The molecule has 0 saturated carbocycles. The summed E-state index contributed by atoms with van der Waals surface area (Å²) in [7, 11) is -3.78. The summed E-state index contributed by atoms with van der Waals surface area (Å²) in [5, 5.41) is 13.2. The Hall–Kier alpha value is -1.68. The van der Waals surface area contributed by atoms with Crippen LogP contribution in [-0.4, -0.2) is 55.7 Å². The van der Waals surface area contributed by atoms with Crippen LogP contribution in [0.15, 0.2) is 0 Å². The van der Waals surface area contributed by atoms with Crippen molar-refractivity contribution in [3.63, 3.8) is 0 Å². The molecule has 0 aliphatic heterocycles. The maximum atomic E-state index is 11.6. The van der Waals surface area contributed by atoms with Crippen molar-refractivity contribution in [2.45, 2.75) is 39.3 Å². The second-order valence-corrected chi connectivity index (χ2v) is 6.67. The van der Waals surface area contributed by atoms with Gasteiger partial charge in [-0.15, -0.1) is 0 Å². The first-order chi connectivity index (χ1) is 9.53. The first-order valence-corrected chi connectivity index (χ1v) is 7.97. The van der Waals surface area contributed by atoms with Crippen LogP contribution in [0.3, 0.4) is 0 Å². The Morgan fingerprint density at radius 3 is 2.10 bits per heavy atom. The molecule has 0 radical (unpaired) electrons. The molecule has 0 fully saturated rings. The minimum Gasteiger partial charge on any atom is -0.480 e. The molecule has 0 aromatic carbocycles. The number of aliphatic carboxylic acids is 1. The Labute approximate surface area is 123 Å². The molecule has 1 atom stereocenters. The average Bonchev–Trinajstić information content (AvgIpc) is 2.33. The number of nitrogens with one attached hydrogen (secondary N) is 3. The molecule has 0 bridgehead atoms. The largest absolute Gasteiger partial charge is 0.480 e. The van der Waals surface area contributed by atoms with Gasteiger partial charge in [0, 0.05) is 12.5 Å². The average molecular weight is 323 g/mol. The van der Waals surface area contributed by atoms with Crippen LogP contribution in [0.2, 0.25) is 0 Å². The second-order valence-electron chi connectivity index (χ2n) is 4.74. The molecule has 0 unspecified atom stereocenters. The van der Waals surface area contributed by atoms with Gasteiger partial charge in [0.2, 0.25) is 21.8 Å². The van der Waals surface area contributed by atoms with Crippen molar-refractivity contribution in [3.8, 4) is 0 Å². The molecule has 2 amide bonds. The predicted octanol–water partition coefficient (Wildman–Crippen LogP) is -1.59. The highest BCUT2D eigenvalue weighted by atomic mass is 32.2. The summed E-state index contributed by atoms with van der Waals surface area (Å²) in [5.74, 6) is -2.91. The van der Waals surface area contributed by atoms with Crippen LogP contribution in [0.25, 0.3) is 0 Å². The molecule has 0 heterocycles. The predicted molar refractivity (Wildman–Crippen MR) is 74.9 cm³/mol. The van der Waals surface area contributed by atoms with Gasteiger partial charge in [-0.3, -0.25) is 14.4 Å². The first kappa shape index (κ1) is 19.3. The molecule has 122 valence electrons. The molecule has 4 N–H and O–H groups in total. The molecule has 10 heteroatoms. The van der Waals surface area contributed by atoms with Crippen LogP contribution in [0.5, 0.6) is 0 Å². The minimum atomic E-state index is -3.78. The highest BCUT2D eigenvalue weighted by Crippen LogP contribution is 1.92. The highest BCUT2D eigenvalue weighted by Gasteiger charge is 2.18. The zero-order chi connectivity index (χ0) is 16.6. The van der Waals surface area contributed by atoms with E-state index in [1.807, 2.05) is 0 Å². The van der Waals surface area contributed by atoms with E-state index in [2.05, 4.69) is 15.4 Å². The van der Waals surface area contributed by atoms with Gasteiger partial charge in [0.1, 0.15) is 6.04 Å². The number of hydrogen-bond acceptors (Lipinski definition) is 5. The van der Waals surface area contributed by atoms with E-state index in [0.717, 1.165) is 0 Å². The van der Waals surface area contributed by atoms with Crippen molar-refractivity contribution in [2.75, 3.05) is 12.3 Å². The van der Waals surface area contributed by atoms with Crippen LogP contribution in [0.4, 0.5) is 0 Å². The highest BCUT2D eigenvalue weighted by molar-refractivity contribution is 7.89. The Bertz CT molecular complexity index is 488. The quantitative estimate of drug-likeness (QED) is 0.403. The molecule has 0 spiro atoms. The monoisotopic (exact) mass is 323 g/mol. The number of carboxylic acids is 1. The van der Waals surface area contributed by atoms with Crippen molar-refractivity contribution in [2.24, 2.45) is 0 Å². The lowest BCUT2D eigenvalue weighted by Gasteiger charge is -2.11. The molecule has 21 heavy (non-hydrogen) atoms. The van der Waals surface area contributed by atoms with Crippen LogP contribution in [0, 0.1) is 0 Å². The van der Waals surface area contributed by atoms with Gasteiger partial charge >= 0.3 is 5.97 Å². The molecule has 0 aromatic heterocycles. The van der Waals surface area contributed by atoms with Gasteiger partial charge in [0.15, 0.2) is 0 Å². The maximum absolute atomic E-state index is 11.6. The number of amides is 2. The van der Waals surface area contributed by atoms with Crippen molar-refractivity contribution in [1.29, 1.82) is 0 Å². The number of sulfonamides is 1. The van der Waals surface area contributed by atoms with Gasteiger partial charge in [-0.05, 0) is 20.8 Å². The number of carbonyl (C=O) groups is 3. The van der Waals surface area contributed by atoms with Gasteiger partial charge in [0.05, 0.1) is 12.3 Å². The second kappa shape index (κ2) is 8.57. The van der Waals surface area contributed by atoms with Crippen molar-refractivity contribution in [3.05, 3.63) is 0 Å². The van der Waals surface area contributed by atoms with Gasteiger partial charge in [-0.25, -0.2) is 13.1 Å². The van der Waals surface area contributed by atoms with Crippen LogP contribution in [0.1, 0.15) is 27.2 Å². The van der Waals surface area contributed by atoms with Crippen molar-refractivity contribution >= 4 is 27.8 Å². The van der Waals surface area contributed by atoms with Crippen molar-refractivity contribution < 1.29 is 27.9 Å². The van der Waals surface area contributed by atoms with Crippen LogP contribution >= 0.6 is 0 Å². The van der Waals surface area contributed by atoms with E-state index < -0.39 is 52.6 Å². The molecule has 0 aliphatic carbocycles. The molecule has 0 aliphatic rings. The third kappa shape index (κ3) is 9.79. The minimum absolute atomic E-state index is 0.106. The number of carbonyl (C=O) groups excluding carboxylic acids is 2. The number of hydrogen-bond donors (Lipinski definition) is 4. The third-order valence-electron chi connectivity index (χ3n) is 2.25. The fourth-order valence-electron chi connectivity index (χ4n) is 1.22. The summed E-state index contributed by atoms with van der Waals surface area (Å²) >= 11 is 0. The SMILES string of the molecule is CC(C)NC(=O)CNS(=O)(=O)CCC(=O)N[C@@H](C)C(=O)O. The lowest BCUT2D eigenvalue weighted by atomic mass is 10.3. The molecule has 0 saturated heterocycles. The first-order valence-electron chi connectivity index (χ1n) is 6.32. The fourth-order valence-corrected chi connectivity index (χ4v) is 2.17. The molecule has 0 aromatic rings. The third-order valence-corrected chi connectivity index (χ3v) is 3.57. The smallest absolute Gasteiger partial charge is 0.325 e. The summed E-state index contributed by atoms with van der Waals surface area (Å²) in [6.07, 6.45) is -0.390. The van der Waals surface area contributed by atoms with Gasteiger partial charge in [-0.1, -0.05) is 0 Å². The van der Waals surface area contributed by atoms with Crippen LogP contribution < -0.4 is 15.4 Å². The van der Waals surface area contributed by atoms with Gasteiger partial charge < -0.3 is 15.7 Å². The van der Waals surface area contributed by atoms with Crippen molar-refractivity contribution in [1.82, 2.24) is 15.4 Å². The van der Waals surface area contributed by atoms with Gasteiger partial charge in [-0.2, -0.15) is 0 Å². The normalized spacial score (nSPS) is 12.8. The zero-order valence-corrected chi connectivity index (χ0v) is 13.0. The zero-order valence-electron chi connectivity index (χ0n) is 12.2. The summed E-state index contributed by atoms with van der Waals surface area (Å²) in [5.41, 5.74) is 0. The van der Waals surface area contributed by atoms with E-state index in [-0.39, 0.29) is 6.04 Å². The lowest BCUT2D eigenvalue weighted by Crippen LogP contribution is -2.42. The molecule has 0 rings (SSSR count). The summed E-state index contributed by atoms with van der Waals surface area (Å²) in [4.78, 5) is 33.1. The molecular formula is C11H21N3O6S. The van der Waals surface area contributed by atoms with Crippen LogP contribution in [-0.2, 0) is 24.4 Å². The summed E-state index contributed by atoms with van der Waals surface area (Å²) in [6.45, 7) is 4.33. The van der Waals surface area contributed by atoms with E-state index >= 15 is 0 Å². The summed E-state index contributed by atoms with van der Waals surface area (Å²) < 4.78 is 25.2. The Balaban J connectivity index is 4.16. The van der Waals surface area contributed by atoms with E-state index in [1.54, 1.807) is 13.8 Å². The number of carboxylic acid groups (broad SMARTS) is 1. The topological polar surface area (TPSA) is 142 Å². The van der Waals surface area contributed by atoms with Gasteiger partial charge in [0.25, 0.3) is 0 Å². The van der Waals surface area contributed by atoms with E-state index in [0.29, 0.717) is 0 Å². The van der Waals surface area contributed by atoms with E-state index in [9.17, 15) is 22.8 Å². The van der Waals surface area contributed by atoms with E-state index in [1.165, 1.54) is 6.92 Å². The maximum Gasteiger partial charge on any atom is 0.325 e. The number of rotatable bonds is 9. The molecular weight excluding hydrogens is 302 g/mol.